The van der Waals surface area contributed by atoms with Crippen molar-refractivity contribution in [1.29, 1.82) is 0 Å². The number of nitrogens with one attached hydrogen (secondary N) is 3. The van der Waals surface area contributed by atoms with Gasteiger partial charge in [0.2, 0.25) is 11.8 Å². The summed E-state index contributed by atoms with van der Waals surface area (Å²) in [6.45, 7) is 3.85. The number of aromatic amines is 1. The van der Waals surface area contributed by atoms with Gasteiger partial charge in [-0.15, -0.1) is 0 Å². The Morgan fingerprint density at radius 1 is 1.14 bits per heavy atom. The molecule has 1 heterocycles. The van der Waals surface area contributed by atoms with E-state index >= 15 is 0 Å². The molecule has 8 heteroatoms. The minimum atomic E-state index is -0.324. The van der Waals surface area contributed by atoms with Gasteiger partial charge < -0.3 is 10.6 Å². The Hall–Kier alpha value is -3.26. The zero-order valence-electron chi connectivity index (χ0n) is 16.4. The van der Waals surface area contributed by atoms with Crippen LogP contribution in [0.15, 0.2) is 48.5 Å². The molecule has 2 amide bonds. The Balaban J connectivity index is 1.62. The first kappa shape index (κ1) is 20.5. The Bertz CT molecular complexity index is 1090. The van der Waals surface area contributed by atoms with E-state index in [-0.39, 0.29) is 24.9 Å². The average molecular weight is 410 g/mol. The van der Waals surface area contributed by atoms with E-state index in [4.69, 9.17) is 12.2 Å². The van der Waals surface area contributed by atoms with E-state index in [0.717, 1.165) is 28.8 Å². The van der Waals surface area contributed by atoms with Crippen LogP contribution in [0, 0.1) is 11.7 Å². The SMILES string of the molecule is CCc1ccccc1NC(=O)CNC(=O)Cn1c(-c2cccc(C)c2)n[nH]c1=S. The van der Waals surface area contributed by atoms with Crippen molar-refractivity contribution in [3.63, 3.8) is 0 Å². The number of hydrogen-bond donors (Lipinski definition) is 3. The summed E-state index contributed by atoms with van der Waals surface area (Å²) in [7, 11) is 0. The second-order valence-electron chi connectivity index (χ2n) is 6.64. The van der Waals surface area contributed by atoms with Crippen LogP contribution in [0.2, 0.25) is 0 Å². The number of benzene rings is 2. The molecule has 1 aromatic heterocycles. The van der Waals surface area contributed by atoms with Crippen molar-refractivity contribution in [1.82, 2.24) is 20.1 Å². The van der Waals surface area contributed by atoms with E-state index in [2.05, 4.69) is 20.8 Å². The Morgan fingerprint density at radius 3 is 2.69 bits per heavy atom. The van der Waals surface area contributed by atoms with Crippen LogP contribution in [0.5, 0.6) is 0 Å². The quantitative estimate of drug-likeness (QED) is 0.523. The largest absolute Gasteiger partial charge is 0.345 e. The van der Waals surface area contributed by atoms with Crippen LogP contribution in [-0.4, -0.2) is 33.1 Å². The predicted molar refractivity (Wildman–Crippen MR) is 115 cm³/mol. The highest BCUT2D eigenvalue weighted by molar-refractivity contribution is 7.71. The number of para-hydroxylation sites is 1. The van der Waals surface area contributed by atoms with E-state index < -0.39 is 0 Å². The molecule has 0 bridgehead atoms. The average Bonchev–Trinajstić information content (AvgIpc) is 3.07. The number of amides is 2. The molecule has 0 saturated heterocycles. The lowest BCUT2D eigenvalue weighted by molar-refractivity contribution is -0.124. The molecule has 0 aliphatic rings. The van der Waals surface area contributed by atoms with Gasteiger partial charge in [0.1, 0.15) is 6.54 Å². The minimum absolute atomic E-state index is 0.0303. The monoisotopic (exact) mass is 409 g/mol. The number of carbonyl (C=O) groups excluding carboxylic acids is 2. The Labute approximate surface area is 174 Å². The topological polar surface area (TPSA) is 91.8 Å². The first-order chi connectivity index (χ1) is 14.0. The fourth-order valence-corrected chi connectivity index (χ4v) is 3.19. The maximum Gasteiger partial charge on any atom is 0.243 e. The maximum atomic E-state index is 12.4. The molecule has 0 unspecified atom stereocenters. The van der Waals surface area contributed by atoms with Gasteiger partial charge in [-0.1, -0.05) is 48.9 Å². The van der Waals surface area contributed by atoms with E-state index in [0.29, 0.717) is 10.6 Å². The summed E-state index contributed by atoms with van der Waals surface area (Å²) >= 11 is 5.26. The molecule has 3 aromatic rings. The first-order valence-electron chi connectivity index (χ1n) is 9.34. The highest BCUT2D eigenvalue weighted by atomic mass is 32.1. The number of aryl methyl sites for hydroxylation is 2. The molecule has 0 saturated carbocycles. The molecule has 0 spiro atoms. The van der Waals surface area contributed by atoms with Crippen molar-refractivity contribution >= 4 is 29.7 Å². The lowest BCUT2D eigenvalue weighted by Crippen LogP contribution is -2.35. The van der Waals surface area contributed by atoms with Crippen molar-refractivity contribution in [2.24, 2.45) is 0 Å². The zero-order valence-corrected chi connectivity index (χ0v) is 17.2. The van der Waals surface area contributed by atoms with Gasteiger partial charge in [-0.3, -0.25) is 19.3 Å². The summed E-state index contributed by atoms with van der Waals surface area (Å²) in [6, 6.07) is 15.4. The number of H-pyrrole nitrogens is 1. The number of aromatic nitrogens is 3. The first-order valence-corrected chi connectivity index (χ1v) is 9.75. The summed E-state index contributed by atoms with van der Waals surface area (Å²) in [5, 5.41) is 12.4. The minimum Gasteiger partial charge on any atom is -0.345 e. The van der Waals surface area contributed by atoms with Crippen molar-refractivity contribution in [2.75, 3.05) is 11.9 Å². The molecule has 0 aliphatic heterocycles. The molecule has 0 fully saturated rings. The van der Waals surface area contributed by atoms with Crippen LogP contribution in [0.25, 0.3) is 11.4 Å². The number of carbonyl (C=O) groups is 2. The van der Waals surface area contributed by atoms with Gasteiger partial charge in [-0.05, 0) is 43.3 Å². The van der Waals surface area contributed by atoms with Crippen LogP contribution in [-0.2, 0) is 22.6 Å². The number of hydrogen-bond acceptors (Lipinski definition) is 4. The smallest absolute Gasteiger partial charge is 0.243 e. The predicted octanol–water partition coefficient (Wildman–Crippen LogP) is 3.23. The fourth-order valence-electron chi connectivity index (χ4n) is 2.99. The van der Waals surface area contributed by atoms with Crippen LogP contribution in [0.4, 0.5) is 5.69 Å². The highest BCUT2D eigenvalue weighted by Gasteiger charge is 2.13. The molecule has 0 atom stereocenters. The summed E-state index contributed by atoms with van der Waals surface area (Å²) in [4.78, 5) is 24.6. The van der Waals surface area contributed by atoms with Gasteiger partial charge in [0, 0.05) is 11.3 Å². The standard InChI is InChI=1S/C21H23N5O2S/c1-3-15-8-4-5-10-17(15)23-18(27)12-22-19(28)13-26-20(24-25-21(26)29)16-9-6-7-14(2)11-16/h4-11H,3,12-13H2,1-2H3,(H,22,28)(H,23,27)(H,25,29). The number of anilines is 1. The van der Waals surface area contributed by atoms with Crippen molar-refractivity contribution < 1.29 is 9.59 Å². The maximum absolute atomic E-state index is 12.4. The third kappa shape index (κ3) is 5.17. The molecule has 29 heavy (non-hydrogen) atoms. The summed E-state index contributed by atoms with van der Waals surface area (Å²) < 4.78 is 1.96. The lowest BCUT2D eigenvalue weighted by Gasteiger charge is -2.11. The van der Waals surface area contributed by atoms with Gasteiger partial charge in [0.05, 0.1) is 6.54 Å². The van der Waals surface area contributed by atoms with Crippen molar-refractivity contribution in [3.8, 4) is 11.4 Å². The van der Waals surface area contributed by atoms with Crippen molar-refractivity contribution in [3.05, 3.63) is 64.4 Å². The zero-order chi connectivity index (χ0) is 20.8. The third-order valence-corrected chi connectivity index (χ3v) is 4.77. The van der Waals surface area contributed by atoms with E-state index in [1.807, 2.05) is 62.4 Å². The molecular formula is C21H23N5O2S. The van der Waals surface area contributed by atoms with Crippen LogP contribution >= 0.6 is 12.2 Å². The van der Waals surface area contributed by atoms with E-state index in [9.17, 15) is 9.59 Å². The molecule has 0 aliphatic carbocycles. The van der Waals surface area contributed by atoms with Gasteiger partial charge in [0.25, 0.3) is 0 Å². The Morgan fingerprint density at radius 2 is 1.93 bits per heavy atom. The fraction of sp³-hybridized carbons (Fsp3) is 0.238. The second-order valence-corrected chi connectivity index (χ2v) is 7.03. The molecular weight excluding hydrogens is 386 g/mol. The van der Waals surface area contributed by atoms with Gasteiger partial charge in [-0.25, -0.2) is 0 Å². The van der Waals surface area contributed by atoms with E-state index in [1.54, 1.807) is 4.57 Å². The van der Waals surface area contributed by atoms with E-state index in [1.165, 1.54) is 0 Å². The third-order valence-electron chi connectivity index (χ3n) is 4.45. The Kier molecular flexibility index (Phi) is 6.56. The molecule has 0 radical (unpaired) electrons. The van der Waals surface area contributed by atoms with Gasteiger partial charge >= 0.3 is 0 Å². The van der Waals surface area contributed by atoms with Gasteiger partial charge in [-0.2, -0.15) is 5.10 Å². The molecule has 7 nitrogen and oxygen atoms in total. The lowest BCUT2D eigenvalue weighted by atomic mass is 10.1. The molecule has 3 rings (SSSR count). The second kappa shape index (κ2) is 9.29. The van der Waals surface area contributed by atoms with Gasteiger partial charge in [0.15, 0.2) is 10.6 Å². The van der Waals surface area contributed by atoms with Crippen molar-refractivity contribution in [2.45, 2.75) is 26.8 Å². The highest BCUT2D eigenvalue weighted by Crippen LogP contribution is 2.18. The summed E-state index contributed by atoms with van der Waals surface area (Å²) in [5.74, 6) is -0.0283. The summed E-state index contributed by atoms with van der Waals surface area (Å²) in [6.07, 6.45) is 0.809. The van der Waals surface area contributed by atoms with Crippen LogP contribution in [0.3, 0.4) is 0 Å². The van der Waals surface area contributed by atoms with Crippen LogP contribution in [0.1, 0.15) is 18.1 Å². The molecule has 150 valence electrons. The molecule has 3 N–H and O–H groups in total. The number of nitrogens with zero attached hydrogens (tertiary/aromatic N) is 2. The summed E-state index contributed by atoms with van der Waals surface area (Å²) in [5.41, 5.74) is 3.74. The number of rotatable bonds is 7. The normalized spacial score (nSPS) is 10.6. The van der Waals surface area contributed by atoms with Crippen LogP contribution < -0.4 is 10.6 Å². The molecule has 2 aromatic carbocycles.